The molecule has 0 fully saturated rings. The largest absolute Gasteiger partial charge is 0.365 e. The molecule has 3 rings (SSSR count). The van der Waals surface area contributed by atoms with Gasteiger partial charge in [-0.2, -0.15) is 0 Å². The molecule has 9 heteroatoms. The molecule has 2 amide bonds. The molecule has 0 atom stereocenters. The molecule has 0 saturated heterocycles. The van der Waals surface area contributed by atoms with Crippen LogP contribution in [0.3, 0.4) is 0 Å². The minimum Gasteiger partial charge on any atom is -0.365 e. The van der Waals surface area contributed by atoms with Gasteiger partial charge in [-0.25, -0.2) is 4.98 Å². The lowest BCUT2D eigenvalue weighted by atomic mass is 10.1. The van der Waals surface area contributed by atoms with Crippen LogP contribution in [0.15, 0.2) is 53.5 Å². The number of rotatable bonds is 9. The van der Waals surface area contributed by atoms with E-state index in [1.165, 1.54) is 15.9 Å². The van der Waals surface area contributed by atoms with Crippen LogP contribution in [0.25, 0.3) is 0 Å². The first-order chi connectivity index (χ1) is 14.4. The highest BCUT2D eigenvalue weighted by atomic mass is 32.1. The van der Waals surface area contributed by atoms with E-state index < -0.39 is 5.91 Å². The van der Waals surface area contributed by atoms with Crippen molar-refractivity contribution >= 4 is 29.0 Å². The number of aryl methyl sites for hydroxylation is 1. The Bertz CT molecular complexity index is 1090. The third-order valence-electron chi connectivity index (χ3n) is 4.47. The summed E-state index contributed by atoms with van der Waals surface area (Å²) in [4.78, 5) is 41.6. The molecule has 2 aromatic heterocycles. The Balaban J connectivity index is 1.59. The predicted molar refractivity (Wildman–Crippen MR) is 117 cm³/mol. The van der Waals surface area contributed by atoms with Crippen molar-refractivity contribution < 1.29 is 9.59 Å². The number of thiophene rings is 1. The molecule has 2 heterocycles. The van der Waals surface area contributed by atoms with Crippen LogP contribution in [-0.2, 0) is 24.3 Å². The number of nitrogens with zero attached hydrogens (tertiary/aromatic N) is 2. The quantitative estimate of drug-likeness (QED) is 0.482. The molecule has 1 aromatic carbocycles. The first-order valence-electron chi connectivity index (χ1n) is 9.43. The van der Waals surface area contributed by atoms with Gasteiger partial charge in [-0.3, -0.25) is 19.0 Å². The number of aromatic nitrogens is 2. The van der Waals surface area contributed by atoms with E-state index in [2.05, 4.69) is 15.6 Å². The van der Waals surface area contributed by atoms with Crippen molar-refractivity contribution in [1.29, 1.82) is 0 Å². The number of hydrogen-bond donors (Lipinski definition) is 3. The van der Waals surface area contributed by atoms with Crippen LogP contribution in [-0.4, -0.2) is 27.9 Å². The highest BCUT2D eigenvalue weighted by Gasteiger charge is 2.12. The zero-order valence-corrected chi connectivity index (χ0v) is 17.4. The molecule has 3 aromatic rings. The van der Waals surface area contributed by atoms with E-state index in [4.69, 9.17) is 5.73 Å². The summed E-state index contributed by atoms with van der Waals surface area (Å²) in [5.74, 6) is -0.590. The van der Waals surface area contributed by atoms with Gasteiger partial charge < -0.3 is 16.4 Å². The molecule has 30 heavy (non-hydrogen) atoms. The SMILES string of the molecule is Cc1cnc(NCCc2ccccc2)c(=O)n1CC(=O)NCc1ccc(C(N)=O)s1. The molecule has 0 bridgehead atoms. The summed E-state index contributed by atoms with van der Waals surface area (Å²) in [6.45, 7) is 2.43. The van der Waals surface area contributed by atoms with E-state index >= 15 is 0 Å². The molecular weight excluding hydrogens is 402 g/mol. The van der Waals surface area contributed by atoms with Crippen LogP contribution in [0.1, 0.15) is 25.8 Å². The van der Waals surface area contributed by atoms with E-state index in [1.807, 2.05) is 30.3 Å². The number of amides is 2. The number of nitrogens with two attached hydrogens (primary N) is 1. The van der Waals surface area contributed by atoms with Gasteiger partial charge in [0.2, 0.25) is 5.91 Å². The second-order valence-corrected chi connectivity index (χ2v) is 7.88. The van der Waals surface area contributed by atoms with Crippen LogP contribution in [0, 0.1) is 6.92 Å². The number of carbonyl (C=O) groups excluding carboxylic acids is 2. The molecule has 0 radical (unpaired) electrons. The molecule has 8 nitrogen and oxygen atoms in total. The van der Waals surface area contributed by atoms with Gasteiger partial charge in [-0.05, 0) is 31.0 Å². The Morgan fingerprint density at radius 3 is 2.63 bits per heavy atom. The first kappa shape index (κ1) is 21.3. The van der Waals surface area contributed by atoms with Crippen LogP contribution >= 0.6 is 11.3 Å². The molecule has 0 aliphatic heterocycles. The van der Waals surface area contributed by atoms with Gasteiger partial charge >= 0.3 is 0 Å². The Morgan fingerprint density at radius 1 is 1.17 bits per heavy atom. The third-order valence-corrected chi connectivity index (χ3v) is 5.57. The molecule has 0 saturated carbocycles. The molecule has 0 unspecified atom stereocenters. The summed E-state index contributed by atoms with van der Waals surface area (Å²) in [6, 6.07) is 13.3. The summed E-state index contributed by atoms with van der Waals surface area (Å²) in [7, 11) is 0. The number of primary amides is 1. The summed E-state index contributed by atoms with van der Waals surface area (Å²) < 4.78 is 1.39. The number of nitrogens with one attached hydrogen (secondary N) is 2. The molecule has 156 valence electrons. The maximum Gasteiger partial charge on any atom is 0.293 e. The number of anilines is 1. The van der Waals surface area contributed by atoms with Gasteiger partial charge in [-0.1, -0.05) is 30.3 Å². The lowest BCUT2D eigenvalue weighted by Gasteiger charge is -2.12. The van der Waals surface area contributed by atoms with E-state index in [1.54, 1.807) is 25.3 Å². The Labute approximate surface area is 177 Å². The van der Waals surface area contributed by atoms with Crippen LogP contribution in [0.4, 0.5) is 5.82 Å². The van der Waals surface area contributed by atoms with Gasteiger partial charge in [0.25, 0.3) is 11.5 Å². The Kier molecular flexibility index (Phi) is 6.97. The van der Waals surface area contributed by atoms with Crippen molar-refractivity contribution in [3.8, 4) is 0 Å². The van der Waals surface area contributed by atoms with Gasteiger partial charge in [0.15, 0.2) is 5.82 Å². The molecular formula is C21H23N5O3S. The average Bonchev–Trinajstić information content (AvgIpc) is 3.21. The van der Waals surface area contributed by atoms with Crippen LogP contribution in [0.2, 0.25) is 0 Å². The van der Waals surface area contributed by atoms with E-state index in [0.717, 1.165) is 16.9 Å². The summed E-state index contributed by atoms with van der Waals surface area (Å²) in [6.07, 6.45) is 2.32. The fourth-order valence-corrected chi connectivity index (χ4v) is 3.65. The Morgan fingerprint density at radius 2 is 1.93 bits per heavy atom. The van der Waals surface area contributed by atoms with Crippen molar-refractivity contribution in [2.75, 3.05) is 11.9 Å². The van der Waals surface area contributed by atoms with Gasteiger partial charge in [0.1, 0.15) is 6.54 Å². The predicted octanol–water partition coefficient (Wildman–Crippen LogP) is 1.68. The average molecular weight is 426 g/mol. The Hall–Kier alpha value is -3.46. The zero-order valence-electron chi connectivity index (χ0n) is 16.6. The molecule has 0 aliphatic rings. The lowest BCUT2D eigenvalue weighted by Crippen LogP contribution is -2.34. The van der Waals surface area contributed by atoms with E-state index in [-0.39, 0.29) is 30.4 Å². The van der Waals surface area contributed by atoms with Crippen molar-refractivity contribution in [3.63, 3.8) is 0 Å². The summed E-state index contributed by atoms with van der Waals surface area (Å²) in [5.41, 5.74) is 6.64. The zero-order chi connectivity index (χ0) is 21.5. The normalized spacial score (nSPS) is 10.6. The van der Waals surface area contributed by atoms with Gasteiger partial charge in [0.05, 0.1) is 11.4 Å². The lowest BCUT2D eigenvalue weighted by molar-refractivity contribution is -0.121. The topological polar surface area (TPSA) is 119 Å². The second-order valence-electron chi connectivity index (χ2n) is 6.71. The summed E-state index contributed by atoms with van der Waals surface area (Å²) in [5, 5.41) is 5.81. The first-order valence-corrected chi connectivity index (χ1v) is 10.2. The highest BCUT2D eigenvalue weighted by molar-refractivity contribution is 7.14. The smallest absolute Gasteiger partial charge is 0.293 e. The van der Waals surface area contributed by atoms with Crippen molar-refractivity contribution in [3.05, 3.63) is 80.0 Å². The monoisotopic (exact) mass is 425 g/mol. The van der Waals surface area contributed by atoms with Crippen LogP contribution < -0.4 is 21.9 Å². The number of carbonyl (C=O) groups is 2. The van der Waals surface area contributed by atoms with Crippen molar-refractivity contribution in [1.82, 2.24) is 14.9 Å². The standard InChI is InChI=1S/C21H23N5O3S/c1-14-11-25-20(23-10-9-15-5-3-2-4-6-15)21(29)26(14)13-18(27)24-12-16-7-8-17(30-16)19(22)28/h2-8,11H,9-10,12-13H2,1H3,(H2,22,28)(H,23,25)(H,24,27). The minimum atomic E-state index is -0.496. The van der Waals surface area contributed by atoms with Crippen molar-refractivity contribution in [2.45, 2.75) is 26.4 Å². The van der Waals surface area contributed by atoms with E-state index in [0.29, 0.717) is 17.1 Å². The third kappa shape index (κ3) is 5.54. The number of benzene rings is 1. The molecule has 0 spiro atoms. The van der Waals surface area contributed by atoms with Gasteiger partial charge in [-0.15, -0.1) is 11.3 Å². The van der Waals surface area contributed by atoms with E-state index in [9.17, 15) is 14.4 Å². The van der Waals surface area contributed by atoms with Crippen LogP contribution in [0.5, 0.6) is 0 Å². The fraction of sp³-hybridized carbons (Fsp3) is 0.238. The van der Waals surface area contributed by atoms with Gasteiger partial charge in [0, 0.05) is 23.3 Å². The highest BCUT2D eigenvalue weighted by Crippen LogP contribution is 2.15. The summed E-state index contributed by atoms with van der Waals surface area (Å²) >= 11 is 1.23. The maximum atomic E-state index is 12.7. The number of hydrogen-bond acceptors (Lipinski definition) is 6. The minimum absolute atomic E-state index is 0.116. The fourth-order valence-electron chi connectivity index (χ4n) is 2.85. The molecule has 0 aliphatic carbocycles. The maximum absolute atomic E-state index is 12.7. The second kappa shape index (κ2) is 9.84. The van der Waals surface area contributed by atoms with Crippen molar-refractivity contribution in [2.24, 2.45) is 5.73 Å². The molecule has 4 N–H and O–H groups in total.